The fourth-order valence-electron chi connectivity index (χ4n) is 2.30. The van der Waals surface area contributed by atoms with Crippen molar-refractivity contribution < 1.29 is 18.3 Å². The van der Waals surface area contributed by atoms with Crippen molar-refractivity contribution in [3.63, 3.8) is 0 Å². The molecule has 1 aliphatic rings. The molecule has 3 rings (SSSR count). The number of hydrogen-bond acceptors (Lipinski definition) is 3. The van der Waals surface area contributed by atoms with Crippen molar-refractivity contribution in [1.29, 1.82) is 0 Å². The molecule has 0 saturated heterocycles. The van der Waals surface area contributed by atoms with Crippen molar-refractivity contribution in [3.8, 4) is 5.75 Å². The van der Waals surface area contributed by atoms with Crippen LogP contribution in [-0.2, 0) is 4.79 Å². The zero-order chi connectivity index (χ0) is 15.0. The van der Waals surface area contributed by atoms with Crippen LogP contribution in [0.5, 0.6) is 5.75 Å². The number of fused-ring (bicyclic) bond motifs is 1. The predicted octanol–water partition coefficient (Wildman–Crippen LogP) is 3.08. The Bertz CT molecular complexity index is 719. The Labute approximate surface area is 119 Å². The Kier molecular flexibility index (Phi) is 3.21. The number of nitrogens with one attached hydrogen (secondary N) is 2. The average Bonchev–Trinajstić information content (AvgIpc) is 2.74. The Balaban J connectivity index is 1.89. The van der Waals surface area contributed by atoms with Gasteiger partial charge in [-0.1, -0.05) is 6.07 Å². The molecule has 0 aromatic heterocycles. The summed E-state index contributed by atoms with van der Waals surface area (Å²) in [6.07, 6.45) is 0. The van der Waals surface area contributed by atoms with Crippen LogP contribution in [0.1, 0.15) is 11.6 Å². The predicted molar refractivity (Wildman–Crippen MR) is 74.3 cm³/mol. The van der Waals surface area contributed by atoms with E-state index in [2.05, 4.69) is 10.6 Å². The number of hydrogen-bond donors (Lipinski definition) is 2. The van der Waals surface area contributed by atoms with E-state index in [1.165, 1.54) is 37.4 Å². The molecular formula is C15H12F2N2O2. The monoisotopic (exact) mass is 290 g/mol. The van der Waals surface area contributed by atoms with E-state index in [0.717, 1.165) is 0 Å². The lowest BCUT2D eigenvalue weighted by atomic mass is 10.1. The van der Waals surface area contributed by atoms with Gasteiger partial charge in [0.15, 0.2) is 11.6 Å². The lowest BCUT2D eigenvalue weighted by Crippen LogP contribution is -2.19. The first kappa shape index (κ1) is 13.4. The number of anilines is 2. The normalized spacial score (nSPS) is 16.3. The average molecular weight is 290 g/mol. The Morgan fingerprint density at radius 3 is 2.71 bits per heavy atom. The van der Waals surface area contributed by atoms with Gasteiger partial charge < -0.3 is 15.4 Å². The number of amides is 1. The van der Waals surface area contributed by atoms with Gasteiger partial charge in [0.1, 0.15) is 11.9 Å². The quantitative estimate of drug-likeness (QED) is 0.913. The Morgan fingerprint density at radius 2 is 2.00 bits per heavy atom. The van der Waals surface area contributed by atoms with Crippen LogP contribution in [0.15, 0.2) is 36.4 Å². The summed E-state index contributed by atoms with van der Waals surface area (Å²) in [7, 11) is 1.38. The van der Waals surface area contributed by atoms with E-state index in [1.54, 1.807) is 6.07 Å². The number of halogens is 2. The second-order valence-corrected chi connectivity index (χ2v) is 4.65. The molecule has 6 heteroatoms. The minimum Gasteiger partial charge on any atom is -0.494 e. The number of benzene rings is 2. The van der Waals surface area contributed by atoms with Gasteiger partial charge in [0.05, 0.1) is 7.11 Å². The van der Waals surface area contributed by atoms with Gasteiger partial charge in [0, 0.05) is 23.0 Å². The Morgan fingerprint density at radius 1 is 1.19 bits per heavy atom. The first-order valence-corrected chi connectivity index (χ1v) is 6.29. The molecule has 0 saturated carbocycles. The maximum absolute atomic E-state index is 13.7. The smallest absolute Gasteiger partial charge is 0.251 e. The van der Waals surface area contributed by atoms with Crippen molar-refractivity contribution in [1.82, 2.24) is 0 Å². The molecule has 2 aromatic carbocycles. The lowest BCUT2D eigenvalue weighted by Gasteiger charge is -2.13. The number of rotatable bonds is 3. The van der Waals surface area contributed by atoms with Gasteiger partial charge in [-0.25, -0.2) is 8.78 Å². The number of carbonyl (C=O) groups excluding carboxylic acids is 1. The summed E-state index contributed by atoms with van der Waals surface area (Å²) >= 11 is 0. The molecule has 1 unspecified atom stereocenters. The maximum Gasteiger partial charge on any atom is 0.251 e. The lowest BCUT2D eigenvalue weighted by molar-refractivity contribution is -0.116. The fraction of sp³-hybridized carbons (Fsp3) is 0.133. The highest BCUT2D eigenvalue weighted by molar-refractivity contribution is 6.04. The molecule has 1 heterocycles. The molecule has 1 aliphatic heterocycles. The minimum absolute atomic E-state index is 0.124. The van der Waals surface area contributed by atoms with Gasteiger partial charge >= 0.3 is 0 Å². The summed E-state index contributed by atoms with van der Waals surface area (Å²) in [6.45, 7) is 0. The molecular weight excluding hydrogens is 278 g/mol. The molecule has 0 radical (unpaired) electrons. The van der Waals surface area contributed by atoms with Crippen molar-refractivity contribution >= 4 is 17.3 Å². The van der Waals surface area contributed by atoms with Crippen LogP contribution in [0.2, 0.25) is 0 Å². The molecule has 0 aliphatic carbocycles. The molecule has 0 bridgehead atoms. The number of methoxy groups -OCH3 is 1. The summed E-state index contributed by atoms with van der Waals surface area (Å²) in [5.74, 6) is -1.14. The first-order valence-electron chi connectivity index (χ1n) is 6.29. The second-order valence-electron chi connectivity index (χ2n) is 4.65. The zero-order valence-corrected chi connectivity index (χ0v) is 11.1. The first-order chi connectivity index (χ1) is 10.1. The number of ether oxygens (including phenoxy) is 1. The summed E-state index contributed by atoms with van der Waals surface area (Å²) in [4.78, 5) is 11.9. The van der Waals surface area contributed by atoms with Crippen LogP contribution < -0.4 is 15.4 Å². The maximum atomic E-state index is 13.7. The van der Waals surface area contributed by atoms with E-state index in [-0.39, 0.29) is 11.7 Å². The van der Waals surface area contributed by atoms with Gasteiger partial charge in [0.25, 0.3) is 5.91 Å². The van der Waals surface area contributed by atoms with Crippen LogP contribution in [0.25, 0.3) is 0 Å². The SMILES string of the molecule is COc1ccc(NC2C(=O)Nc3cc(F)ccc32)cc1F. The topological polar surface area (TPSA) is 50.4 Å². The third kappa shape index (κ3) is 2.40. The third-order valence-corrected chi connectivity index (χ3v) is 3.31. The van der Waals surface area contributed by atoms with Crippen LogP contribution in [0.3, 0.4) is 0 Å². The highest BCUT2D eigenvalue weighted by atomic mass is 19.1. The molecule has 4 nitrogen and oxygen atoms in total. The molecule has 2 N–H and O–H groups in total. The second kappa shape index (κ2) is 5.05. The summed E-state index contributed by atoms with van der Waals surface area (Å²) in [5.41, 5.74) is 1.48. The minimum atomic E-state index is -0.687. The summed E-state index contributed by atoms with van der Waals surface area (Å²) in [5, 5.41) is 5.51. The standard InChI is InChI=1S/C15H12F2N2O2/c1-21-13-5-3-9(7-11(13)17)18-14-10-4-2-8(16)6-12(10)19-15(14)20/h2-7,14,18H,1H3,(H,19,20). The van der Waals surface area contributed by atoms with Crippen molar-refractivity contribution in [3.05, 3.63) is 53.6 Å². The molecule has 2 aromatic rings. The molecule has 21 heavy (non-hydrogen) atoms. The summed E-state index contributed by atoms with van der Waals surface area (Å²) in [6, 6.07) is 7.69. The fourth-order valence-corrected chi connectivity index (χ4v) is 2.30. The molecule has 108 valence electrons. The van der Waals surface area contributed by atoms with Crippen LogP contribution >= 0.6 is 0 Å². The number of carbonyl (C=O) groups is 1. The van der Waals surface area contributed by atoms with Gasteiger partial charge in [-0.15, -0.1) is 0 Å². The molecule has 0 spiro atoms. The van der Waals surface area contributed by atoms with E-state index < -0.39 is 17.7 Å². The highest BCUT2D eigenvalue weighted by Gasteiger charge is 2.30. The van der Waals surface area contributed by atoms with Gasteiger partial charge in [0.2, 0.25) is 0 Å². The van der Waals surface area contributed by atoms with Crippen molar-refractivity contribution in [2.45, 2.75) is 6.04 Å². The Hall–Kier alpha value is -2.63. The van der Waals surface area contributed by atoms with E-state index in [9.17, 15) is 13.6 Å². The molecule has 1 atom stereocenters. The zero-order valence-electron chi connectivity index (χ0n) is 11.1. The third-order valence-electron chi connectivity index (χ3n) is 3.31. The van der Waals surface area contributed by atoms with E-state index in [0.29, 0.717) is 16.9 Å². The molecule has 0 fully saturated rings. The highest BCUT2D eigenvalue weighted by Crippen LogP contribution is 2.34. The summed E-state index contributed by atoms with van der Waals surface area (Å²) < 4.78 is 31.6. The van der Waals surface area contributed by atoms with Crippen LogP contribution in [0, 0.1) is 11.6 Å². The van der Waals surface area contributed by atoms with E-state index in [1.807, 2.05) is 0 Å². The van der Waals surface area contributed by atoms with Gasteiger partial charge in [-0.05, 0) is 24.3 Å². The largest absolute Gasteiger partial charge is 0.494 e. The molecule has 1 amide bonds. The van der Waals surface area contributed by atoms with Gasteiger partial charge in [-0.2, -0.15) is 0 Å². The van der Waals surface area contributed by atoms with Crippen molar-refractivity contribution in [2.75, 3.05) is 17.7 Å². The van der Waals surface area contributed by atoms with E-state index >= 15 is 0 Å². The van der Waals surface area contributed by atoms with E-state index in [4.69, 9.17) is 4.74 Å². The van der Waals surface area contributed by atoms with Gasteiger partial charge in [-0.3, -0.25) is 4.79 Å². The van der Waals surface area contributed by atoms with Crippen LogP contribution in [-0.4, -0.2) is 13.0 Å². The van der Waals surface area contributed by atoms with Crippen molar-refractivity contribution in [2.24, 2.45) is 0 Å². The van der Waals surface area contributed by atoms with Crippen LogP contribution in [0.4, 0.5) is 20.2 Å².